The summed E-state index contributed by atoms with van der Waals surface area (Å²) in [4.78, 5) is 6.72. The van der Waals surface area contributed by atoms with Crippen molar-refractivity contribution in [2.24, 2.45) is 0 Å². The Balaban J connectivity index is 1.53. The van der Waals surface area contributed by atoms with E-state index in [1.807, 2.05) is 48.5 Å². The van der Waals surface area contributed by atoms with Crippen molar-refractivity contribution in [2.75, 3.05) is 13.7 Å². The Morgan fingerprint density at radius 3 is 2.63 bits per heavy atom. The molecule has 27 heavy (non-hydrogen) atoms. The van der Waals surface area contributed by atoms with Gasteiger partial charge in [0.2, 0.25) is 11.7 Å². The van der Waals surface area contributed by atoms with Crippen LogP contribution in [-0.2, 0) is 6.54 Å². The van der Waals surface area contributed by atoms with Gasteiger partial charge in [0.25, 0.3) is 0 Å². The molecule has 2 heterocycles. The molecule has 1 aliphatic rings. The molecule has 6 nitrogen and oxygen atoms in total. The smallest absolute Gasteiger partial charge is 0.244 e. The molecule has 2 unspecified atom stereocenters. The van der Waals surface area contributed by atoms with Gasteiger partial charge >= 0.3 is 0 Å². The molecule has 3 aromatic rings. The minimum absolute atomic E-state index is 0.116. The summed E-state index contributed by atoms with van der Waals surface area (Å²) in [7, 11) is 1.63. The molecule has 1 saturated heterocycles. The van der Waals surface area contributed by atoms with Crippen molar-refractivity contribution < 1.29 is 14.4 Å². The third kappa shape index (κ3) is 3.98. The minimum Gasteiger partial charge on any atom is -0.497 e. The first kappa shape index (κ1) is 18.0. The summed E-state index contributed by atoms with van der Waals surface area (Å²) in [5.41, 5.74) is 1.97. The number of halogens is 1. The monoisotopic (exact) mass is 385 g/mol. The van der Waals surface area contributed by atoms with Crippen LogP contribution in [0.15, 0.2) is 53.1 Å². The molecule has 4 rings (SSSR count). The molecule has 1 aromatic heterocycles. The van der Waals surface area contributed by atoms with Crippen LogP contribution in [0.4, 0.5) is 0 Å². The Morgan fingerprint density at radius 2 is 1.93 bits per heavy atom. The zero-order valence-corrected chi connectivity index (χ0v) is 15.6. The SMILES string of the molecule is COc1ccc(-c2noc(C3CC(O)CN3Cc3ccc(Cl)cc3)n2)cc1. The highest BCUT2D eigenvalue weighted by Crippen LogP contribution is 2.33. The Hall–Kier alpha value is -2.41. The van der Waals surface area contributed by atoms with E-state index in [4.69, 9.17) is 20.9 Å². The maximum absolute atomic E-state index is 10.2. The van der Waals surface area contributed by atoms with Crippen LogP contribution in [0.3, 0.4) is 0 Å². The number of nitrogens with zero attached hydrogens (tertiary/aromatic N) is 3. The van der Waals surface area contributed by atoms with Crippen LogP contribution in [0.1, 0.15) is 23.9 Å². The molecule has 1 aliphatic heterocycles. The molecule has 0 radical (unpaired) electrons. The fourth-order valence-corrected chi connectivity index (χ4v) is 3.49. The summed E-state index contributed by atoms with van der Waals surface area (Å²) in [5.74, 6) is 1.82. The molecule has 1 N–H and O–H groups in total. The number of aromatic nitrogens is 2. The second-order valence-electron chi connectivity index (χ2n) is 6.65. The van der Waals surface area contributed by atoms with Crippen molar-refractivity contribution in [2.45, 2.75) is 25.1 Å². The number of aliphatic hydroxyl groups is 1. The van der Waals surface area contributed by atoms with Gasteiger partial charge in [-0.15, -0.1) is 0 Å². The second-order valence-corrected chi connectivity index (χ2v) is 7.08. The summed E-state index contributed by atoms with van der Waals surface area (Å²) in [5, 5.41) is 15.0. The van der Waals surface area contributed by atoms with Crippen molar-refractivity contribution >= 4 is 11.6 Å². The van der Waals surface area contributed by atoms with Crippen LogP contribution < -0.4 is 4.74 Å². The first-order valence-corrected chi connectivity index (χ1v) is 9.15. The fraction of sp³-hybridized carbons (Fsp3) is 0.300. The van der Waals surface area contributed by atoms with E-state index in [1.165, 1.54) is 0 Å². The molecule has 0 spiro atoms. The number of β-amino-alcohol motifs (C(OH)–C–C–N with tert-alkyl or cyclic N) is 1. The Labute approximate surface area is 162 Å². The molecule has 0 amide bonds. The van der Waals surface area contributed by atoms with Gasteiger partial charge in [0, 0.05) is 23.7 Å². The van der Waals surface area contributed by atoms with E-state index in [2.05, 4.69) is 15.0 Å². The highest BCUT2D eigenvalue weighted by atomic mass is 35.5. The van der Waals surface area contributed by atoms with Crippen molar-refractivity contribution in [1.82, 2.24) is 15.0 Å². The molecule has 2 aromatic carbocycles. The van der Waals surface area contributed by atoms with Crippen LogP contribution in [0.5, 0.6) is 5.75 Å². The fourth-order valence-electron chi connectivity index (χ4n) is 3.36. The highest BCUT2D eigenvalue weighted by Gasteiger charge is 2.35. The molecule has 0 saturated carbocycles. The maximum atomic E-state index is 10.2. The summed E-state index contributed by atoms with van der Waals surface area (Å²) in [6.45, 7) is 1.24. The predicted octanol–water partition coefficient (Wildman–Crippen LogP) is 3.71. The van der Waals surface area contributed by atoms with Crippen LogP contribution in [0, 0.1) is 0 Å². The average molecular weight is 386 g/mol. The van der Waals surface area contributed by atoms with Gasteiger partial charge < -0.3 is 14.4 Å². The van der Waals surface area contributed by atoms with Gasteiger partial charge in [-0.2, -0.15) is 4.98 Å². The second kappa shape index (κ2) is 7.68. The quantitative estimate of drug-likeness (QED) is 0.722. The van der Waals surface area contributed by atoms with Gasteiger partial charge in [0.1, 0.15) is 5.75 Å². The van der Waals surface area contributed by atoms with Crippen LogP contribution in [0.2, 0.25) is 5.02 Å². The van der Waals surface area contributed by atoms with Gasteiger partial charge in [-0.1, -0.05) is 28.9 Å². The number of hydrogen-bond donors (Lipinski definition) is 1. The number of ether oxygens (including phenoxy) is 1. The number of hydrogen-bond acceptors (Lipinski definition) is 6. The number of benzene rings is 2. The summed E-state index contributed by atoms with van der Waals surface area (Å²) in [6, 6.07) is 15.1. The maximum Gasteiger partial charge on any atom is 0.244 e. The molecular weight excluding hydrogens is 366 g/mol. The van der Waals surface area contributed by atoms with Gasteiger partial charge in [-0.25, -0.2) is 0 Å². The zero-order valence-electron chi connectivity index (χ0n) is 14.9. The number of methoxy groups -OCH3 is 1. The summed E-state index contributed by atoms with van der Waals surface area (Å²) < 4.78 is 10.7. The highest BCUT2D eigenvalue weighted by molar-refractivity contribution is 6.30. The van der Waals surface area contributed by atoms with Gasteiger partial charge in [-0.05, 0) is 48.4 Å². The van der Waals surface area contributed by atoms with Crippen LogP contribution in [-0.4, -0.2) is 39.9 Å². The molecule has 140 valence electrons. The van der Waals surface area contributed by atoms with E-state index in [-0.39, 0.29) is 6.04 Å². The van der Waals surface area contributed by atoms with Gasteiger partial charge in [0.05, 0.1) is 19.3 Å². The van der Waals surface area contributed by atoms with Crippen molar-refractivity contribution in [1.29, 1.82) is 0 Å². The topological polar surface area (TPSA) is 71.6 Å². The number of rotatable bonds is 5. The lowest BCUT2D eigenvalue weighted by molar-refractivity contribution is 0.169. The summed E-state index contributed by atoms with van der Waals surface area (Å²) >= 11 is 5.96. The Bertz CT molecular complexity index is 896. The molecule has 0 bridgehead atoms. The molecule has 2 atom stereocenters. The van der Waals surface area contributed by atoms with Crippen LogP contribution in [0.25, 0.3) is 11.4 Å². The lowest BCUT2D eigenvalue weighted by Gasteiger charge is -2.21. The minimum atomic E-state index is -0.418. The van der Waals surface area contributed by atoms with Crippen LogP contribution >= 0.6 is 11.6 Å². The van der Waals surface area contributed by atoms with Gasteiger partial charge in [0.15, 0.2) is 0 Å². The average Bonchev–Trinajstić information content (AvgIpc) is 3.30. The molecular formula is C20H20ClN3O3. The van der Waals surface area contributed by atoms with E-state index >= 15 is 0 Å². The largest absolute Gasteiger partial charge is 0.497 e. The van der Waals surface area contributed by atoms with E-state index < -0.39 is 6.10 Å². The van der Waals surface area contributed by atoms with Crippen molar-refractivity contribution in [3.63, 3.8) is 0 Å². The van der Waals surface area contributed by atoms with E-state index in [9.17, 15) is 5.11 Å². The standard InChI is InChI=1S/C20H20ClN3O3/c1-26-17-8-4-14(5-9-17)19-22-20(27-23-19)18-10-16(25)12-24(18)11-13-2-6-15(21)7-3-13/h2-9,16,18,25H,10-12H2,1H3. The first-order chi connectivity index (χ1) is 13.1. The Morgan fingerprint density at radius 1 is 1.19 bits per heavy atom. The van der Waals surface area contributed by atoms with Crippen molar-refractivity contribution in [3.05, 3.63) is 65.0 Å². The third-order valence-corrected chi connectivity index (χ3v) is 5.01. The zero-order chi connectivity index (χ0) is 18.8. The molecule has 7 heteroatoms. The molecule has 1 fully saturated rings. The van der Waals surface area contributed by atoms with Gasteiger partial charge in [-0.3, -0.25) is 4.90 Å². The first-order valence-electron chi connectivity index (χ1n) is 8.77. The normalized spacial score (nSPS) is 20.1. The Kier molecular flexibility index (Phi) is 5.11. The van der Waals surface area contributed by atoms with Crippen molar-refractivity contribution in [3.8, 4) is 17.1 Å². The number of likely N-dealkylation sites (tertiary alicyclic amines) is 1. The number of aliphatic hydroxyl groups excluding tert-OH is 1. The predicted molar refractivity (Wildman–Crippen MR) is 102 cm³/mol. The van der Waals surface area contributed by atoms with E-state index in [0.29, 0.717) is 36.2 Å². The third-order valence-electron chi connectivity index (χ3n) is 4.76. The van der Waals surface area contributed by atoms with E-state index in [0.717, 1.165) is 16.9 Å². The van der Waals surface area contributed by atoms with E-state index in [1.54, 1.807) is 7.11 Å². The lowest BCUT2D eigenvalue weighted by Crippen LogP contribution is -2.24. The lowest BCUT2D eigenvalue weighted by atomic mass is 10.1. The molecule has 0 aliphatic carbocycles. The summed E-state index contributed by atoms with van der Waals surface area (Å²) in [6.07, 6.45) is 0.149.